The van der Waals surface area contributed by atoms with Crippen LogP contribution in [-0.4, -0.2) is 34.0 Å². The predicted octanol–water partition coefficient (Wildman–Crippen LogP) is 3.27. The van der Waals surface area contributed by atoms with Crippen molar-refractivity contribution in [2.24, 2.45) is 0 Å². The van der Waals surface area contributed by atoms with Gasteiger partial charge in [-0.05, 0) is 53.4 Å². The van der Waals surface area contributed by atoms with Crippen LogP contribution in [0.25, 0.3) is 11.6 Å². The number of fused-ring (bicyclic) bond motifs is 2. The zero-order chi connectivity index (χ0) is 18.4. The van der Waals surface area contributed by atoms with Crippen molar-refractivity contribution < 1.29 is 9.59 Å². The Bertz CT molecular complexity index is 1040. The molecule has 1 saturated heterocycles. The second kappa shape index (κ2) is 6.46. The van der Waals surface area contributed by atoms with Gasteiger partial charge in [-0.3, -0.25) is 9.59 Å². The minimum absolute atomic E-state index is 0.0170. The first-order valence-corrected chi connectivity index (χ1v) is 9.82. The smallest absolute Gasteiger partial charge is 0.226 e. The standard InChI is InChI=1S/C21H17N3O2S/c25-18-11-20(26)27-19(18)10-15-5-7-22-21(23-15)24-8-6-14-9-13-3-1-2-4-16(13)17(14)12-24/h1-5,7,10H,6,8-9,11-12H2/b19-10-. The molecule has 0 radical (unpaired) electrons. The van der Waals surface area contributed by atoms with Gasteiger partial charge in [0.05, 0.1) is 17.0 Å². The monoisotopic (exact) mass is 375 g/mol. The van der Waals surface area contributed by atoms with E-state index in [1.165, 1.54) is 22.3 Å². The number of carbonyl (C=O) groups excluding carboxylic acids is 2. The summed E-state index contributed by atoms with van der Waals surface area (Å²) < 4.78 is 0. The van der Waals surface area contributed by atoms with E-state index in [1.54, 1.807) is 18.3 Å². The van der Waals surface area contributed by atoms with Crippen molar-refractivity contribution >= 4 is 40.3 Å². The first-order valence-electron chi connectivity index (χ1n) is 9.00. The molecule has 6 heteroatoms. The Hall–Kier alpha value is -2.73. The van der Waals surface area contributed by atoms with Crippen LogP contribution in [0, 0.1) is 0 Å². The number of allylic oxidation sites excluding steroid dienone is 1. The van der Waals surface area contributed by atoms with Crippen molar-refractivity contribution in [3.8, 4) is 0 Å². The highest BCUT2D eigenvalue weighted by atomic mass is 32.2. The highest BCUT2D eigenvalue weighted by Gasteiger charge is 2.28. The molecule has 1 aliphatic carbocycles. The van der Waals surface area contributed by atoms with Crippen LogP contribution in [0.15, 0.2) is 47.0 Å². The third-order valence-corrected chi connectivity index (χ3v) is 6.17. The largest absolute Gasteiger partial charge is 0.336 e. The highest BCUT2D eigenvalue weighted by Crippen LogP contribution is 2.38. The van der Waals surface area contributed by atoms with Crippen LogP contribution >= 0.6 is 11.8 Å². The molecule has 0 N–H and O–H groups in total. The Labute approximate surface area is 161 Å². The molecule has 1 aromatic carbocycles. The van der Waals surface area contributed by atoms with Crippen molar-refractivity contribution in [2.45, 2.75) is 19.3 Å². The zero-order valence-corrected chi connectivity index (χ0v) is 15.5. The maximum atomic E-state index is 11.8. The molecular formula is C21H17N3O2S. The van der Waals surface area contributed by atoms with E-state index in [9.17, 15) is 9.59 Å². The normalized spacial score (nSPS) is 20.4. The third kappa shape index (κ3) is 3.00. The number of hydrogen-bond donors (Lipinski definition) is 0. The Balaban J connectivity index is 1.41. The van der Waals surface area contributed by atoms with Crippen LogP contribution in [0.3, 0.4) is 0 Å². The Morgan fingerprint density at radius 1 is 1.11 bits per heavy atom. The minimum Gasteiger partial charge on any atom is -0.336 e. The summed E-state index contributed by atoms with van der Waals surface area (Å²) in [6.45, 7) is 1.69. The summed E-state index contributed by atoms with van der Waals surface area (Å²) in [6, 6.07) is 10.4. The minimum atomic E-state index is -0.125. The van der Waals surface area contributed by atoms with E-state index in [2.05, 4.69) is 39.1 Å². The van der Waals surface area contributed by atoms with Crippen LogP contribution in [0.4, 0.5) is 5.95 Å². The SMILES string of the molecule is O=C1CC(=O)/C(=C/c2ccnc(N3CCC4=C(C3)c3ccccc3C4)n2)S1. The van der Waals surface area contributed by atoms with Gasteiger partial charge in [-0.15, -0.1) is 0 Å². The molecule has 0 spiro atoms. The first-order chi connectivity index (χ1) is 13.2. The molecule has 0 amide bonds. The van der Waals surface area contributed by atoms with Gasteiger partial charge in [0.1, 0.15) is 0 Å². The van der Waals surface area contributed by atoms with E-state index >= 15 is 0 Å². The summed E-state index contributed by atoms with van der Waals surface area (Å²) in [7, 11) is 0. The maximum absolute atomic E-state index is 11.8. The van der Waals surface area contributed by atoms with Gasteiger partial charge >= 0.3 is 0 Å². The predicted molar refractivity (Wildman–Crippen MR) is 106 cm³/mol. The zero-order valence-electron chi connectivity index (χ0n) is 14.6. The van der Waals surface area contributed by atoms with Crippen molar-refractivity contribution in [1.29, 1.82) is 0 Å². The lowest BCUT2D eigenvalue weighted by atomic mass is 10.0. The first kappa shape index (κ1) is 16.4. The summed E-state index contributed by atoms with van der Waals surface area (Å²) in [5.41, 5.74) is 6.35. The fraction of sp³-hybridized carbons (Fsp3) is 0.238. The molecule has 0 bridgehead atoms. The molecule has 5 nitrogen and oxygen atoms in total. The molecule has 3 heterocycles. The van der Waals surface area contributed by atoms with Crippen LogP contribution in [0.1, 0.15) is 29.7 Å². The molecule has 2 aromatic rings. The Morgan fingerprint density at radius 3 is 2.85 bits per heavy atom. The van der Waals surface area contributed by atoms with Crippen molar-refractivity contribution in [2.75, 3.05) is 18.0 Å². The molecule has 1 fully saturated rings. The van der Waals surface area contributed by atoms with Gasteiger partial charge in [-0.25, -0.2) is 9.97 Å². The van der Waals surface area contributed by atoms with Gasteiger partial charge < -0.3 is 4.90 Å². The van der Waals surface area contributed by atoms with Crippen LogP contribution in [0.2, 0.25) is 0 Å². The Kier molecular flexibility index (Phi) is 3.93. The maximum Gasteiger partial charge on any atom is 0.226 e. The lowest BCUT2D eigenvalue weighted by molar-refractivity contribution is -0.119. The van der Waals surface area contributed by atoms with Crippen molar-refractivity contribution in [3.63, 3.8) is 0 Å². The van der Waals surface area contributed by atoms with Crippen LogP contribution in [0.5, 0.6) is 0 Å². The van der Waals surface area contributed by atoms with Crippen LogP contribution in [-0.2, 0) is 16.0 Å². The summed E-state index contributed by atoms with van der Waals surface area (Å²) in [5, 5.41) is -0.101. The van der Waals surface area contributed by atoms with Gasteiger partial charge in [-0.2, -0.15) is 0 Å². The van der Waals surface area contributed by atoms with E-state index in [0.717, 1.165) is 37.7 Å². The Morgan fingerprint density at radius 2 is 2.00 bits per heavy atom. The molecule has 0 unspecified atom stereocenters. The average Bonchev–Trinajstić information content (AvgIpc) is 3.20. The lowest BCUT2D eigenvalue weighted by Gasteiger charge is -2.28. The fourth-order valence-corrected chi connectivity index (χ4v) is 4.73. The number of aromatic nitrogens is 2. The number of hydrogen-bond acceptors (Lipinski definition) is 6. The molecule has 0 saturated carbocycles. The molecule has 3 aliphatic rings. The topological polar surface area (TPSA) is 63.2 Å². The quantitative estimate of drug-likeness (QED) is 0.593. The summed E-state index contributed by atoms with van der Waals surface area (Å²) >= 11 is 1.01. The second-order valence-corrected chi connectivity index (χ2v) is 8.05. The molecule has 5 rings (SSSR count). The summed E-state index contributed by atoms with van der Waals surface area (Å²) in [4.78, 5) is 35.0. The number of thioether (sulfide) groups is 1. The van der Waals surface area contributed by atoms with Crippen LogP contribution < -0.4 is 4.90 Å². The van der Waals surface area contributed by atoms with Gasteiger partial charge in [0.25, 0.3) is 0 Å². The molecule has 134 valence electrons. The lowest BCUT2D eigenvalue weighted by Crippen LogP contribution is -2.32. The van der Waals surface area contributed by atoms with Gasteiger partial charge in [-0.1, -0.05) is 29.8 Å². The molecular weight excluding hydrogens is 358 g/mol. The number of benzene rings is 1. The third-order valence-electron chi connectivity index (χ3n) is 5.24. The van der Waals surface area contributed by atoms with E-state index in [1.807, 2.05) is 0 Å². The molecule has 0 atom stereocenters. The fourth-order valence-electron chi connectivity index (χ4n) is 3.92. The molecule has 2 aliphatic heterocycles. The number of carbonyl (C=O) groups is 2. The number of rotatable bonds is 2. The molecule has 27 heavy (non-hydrogen) atoms. The summed E-state index contributed by atoms with van der Waals surface area (Å²) in [5.74, 6) is 0.544. The number of nitrogens with zero attached hydrogens (tertiary/aromatic N) is 3. The number of anilines is 1. The van der Waals surface area contributed by atoms with E-state index in [4.69, 9.17) is 0 Å². The van der Waals surface area contributed by atoms with E-state index in [-0.39, 0.29) is 17.3 Å². The molecule has 1 aromatic heterocycles. The van der Waals surface area contributed by atoms with Gasteiger partial charge in [0.15, 0.2) is 5.78 Å². The second-order valence-electron chi connectivity index (χ2n) is 6.95. The van der Waals surface area contributed by atoms with Gasteiger partial charge in [0, 0.05) is 19.3 Å². The highest BCUT2D eigenvalue weighted by molar-refractivity contribution is 8.18. The van der Waals surface area contributed by atoms with Gasteiger partial charge in [0.2, 0.25) is 11.1 Å². The van der Waals surface area contributed by atoms with E-state index < -0.39 is 0 Å². The van der Waals surface area contributed by atoms with Crippen molar-refractivity contribution in [1.82, 2.24) is 9.97 Å². The van der Waals surface area contributed by atoms with Crippen molar-refractivity contribution in [3.05, 3.63) is 63.8 Å². The van der Waals surface area contributed by atoms with E-state index in [0.29, 0.717) is 16.5 Å². The summed E-state index contributed by atoms with van der Waals surface area (Å²) in [6.07, 6.45) is 5.47. The number of ketones is 1. The average molecular weight is 375 g/mol. The number of Topliss-reactive ketones (excluding diaryl/α,β-unsaturated/α-hetero) is 1.